The molecule has 0 amide bonds. The molecule has 1 aromatic heterocycles. The third kappa shape index (κ3) is 5.29. The maximum absolute atomic E-state index is 5.50. The molecule has 0 radical (unpaired) electrons. The molecular formula is C17H30N2O2. The highest BCUT2D eigenvalue weighted by molar-refractivity contribution is 5.41. The highest BCUT2D eigenvalue weighted by Gasteiger charge is 2.17. The van der Waals surface area contributed by atoms with Gasteiger partial charge in [-0.2, -0.15) is 0 Å². The fraction of sp³-hybridized carbons (Fsp3) is 0.706. The number of aromatic nitrogens is 1. The molecule has 4 nitrogen and oxygen atoms in total. The lowest BCUT2D eigenvalue weighted by molar-refractivity contribution is 0.149. The van der Waals surface area contributed by atoms with Crippen LogP contribution in [0, 0.1) is 19.8 Å². The SMILES string of the molecule is CCNC(Cc1ncc(C)c(OC)c1C)CC(C)COC. The maximum atomic E-state index is 5.50. The first-order valence-electron chi connectivity index (χ1n) is 7.74. The van der Waals surface area contributed by atoms with E-state index in [2.05, 4.69) is 31.1 Å². The van der Waals surface area contributed by atoms with E-state index in [0.29, 0.717) is 12.0 Å². The lowest BCUT2D eigenvalue weighted by atomic mass is 9.96. The monoisotopic (exact) mass is 294 g/mol. The van der Waals surface area contributed by atoms with Gasteiger partial charge in [0, 0.05) is 49.2 Å². The highest BCUT2D eigenvalue weighted by Crippen LogP contribution is 2.25. The van der Waals surface area contributed by atoms with Crippen molar-refractivity contribution in [2.45, 2.75) is 46.6 Å². The van der Waals surface area contributed by atoms with E-state index < -0.39 is 0 Å². The topological polar surface area (TPSA) is 43.4 Å². The molecule has 0 aromatic carbocycles. The van der Waals surface area contributed by atoms with E-state index >= 15 is 0 Å². The molecular weight excluding hydrogens is 264 g/mol. The quantitative estimate of drug-likeness (QED) is 0.760. The first-order valence-corrected chi connectivity index (χ1v) is 7.74. The molecule has 21 heavy (non-hydrogen) atoms. The van der Waals surface area contributed by atoms with Crippen LogP contribution in [0.1, 0.15) is 37.1 Å². The predicted octanol–water partition coefficient (Wildman–Crippen LogP) is 2.90. The van der Waals surface area contributed by atoms with Crippen LogP contribution in [0.15, 0.2) is 6.20 Å². The van der Waals surface area contributed by atoms with Gasteiger partial charge in [-0.05, 0) is 32.7 Å². The van der Waals surface area contributed by atoms with Crippen molar-refractivity contribution in [2.24, 2.45) is 5.92 Å². The van der Waals surface area contributed by atoms with E-state index in [1.54, 1.807) is 14.2 Å². The van der Waals surface area contributed by atoms with Gasteiger partial charge < -0.3 is 14.8 Å². The number of hydrogen-bond donors (Lipinski definition) is 1. The summed E-state index contributed by atoms with van der Waals surface area (Å²) in [5, 5.41) is 3.56. The molecule has 0 aliphatic heterocycles. The van der Waals surface area contributed by atoms with Crippen LogP contribution < -0.4 is 10.1 Å². The van der Waals surface area contributed by atoms with Crippen molar-refractivity contribution in [2.75, 3.05) is 27.4 Å². The molecule has 0 saturated heterocycles. The molecule has 0 fully saturated rings. The summed E-state index contributed by atoms with van der Waals surface area (Å²) in [4.78, 5) is 4.61. The maximum Gasteiger partial charge on any atom is 0.128 e. The Labute approximate surface area is 129 Å². The molecule has 1 heterocycles. The highest BCUT2D eigenvalue weighted by atomic mass is 16.5. The smallest absolute Gasteiger partial charge is 0.128 e. The molecule has 0 bridgehead atoms. The summed E-state index contributed by atoms with van der Waals surface area (Å²) in [6, 6.07) is 0.416. The standard InChI is InChI=1S/C17H30N2O2/c1-7-18-15(8-12(2)11-20-5)9-16-14(4)17(21-6)13(3)10-19-16/h10,12,15,18H,7-9,11H2,1-6H3. The van der Waals surface area contributed by atoms with Crippen LogP contribution in [0.5, 0.6) is 5.75 Å². The van der Waals surface area contributed by atoms with Crippen molar-refractivity contribution in [1.82, 2.24) is 10.3 Å². The third-order valence-electron chi connectivity index (χ3n) is 3.82. The minimum absolute atomic E-state index is 0.416. The minimum Gasteiger partial charge on any atom is -0.496 e. The van der Waals surface area contributed by atoms with Gasteiger partial charge in [0.1, 0.15) is 5.75 Å². The van der Waals surface area contributed by atoms with Crippen molar-refractivity contribution in [3.8, 4) is 5.75 Å². The van der Waals surface area contributed by atoms with Gasteiger partial charge in [-0.15, -0.1) is 0 Å². The first kappa shape index (κ1) is 17.9. The van der Waals surface area contributed by atoms with Crippen molar-refractivity contribution in [3.05, 3.63) is 23.0 Å². The Hall–Kier alpha value is -1.13. The summed E-state index contributed by atoms with van der Waals surface area (Å²) in [7, 11) is 3.48. The molecule has 120 valence electrons. The largest absolute Gasteiger partial charge is 0.496 e. The minimum atomic E-state index is 0.416. The molecule has 2 unspecified atom stereocenters. The van der Waals surface area contributed by atoms with Crippen LogP contribution in [0.4, 0.5) is 0 Å². The zero-order valence-electron chi connectivity index (χ0n) is 14.3. The Bertz CT molecular complexity index is 435. The second-order valence-corrected chi connectivity index (χ2v) is 5.80. The van der Waals surface area contributed by atoms with Gasteiger partial charge >= 0.3 is 0 Å². The van der Waals surface area contributed by atoms with Gasteiger partial charge in [0.25, 0.3) is 0 Å². The van der Waals surface area contributed by atoms with Crippen LogP contribution in [0.3, 0.4) is 0 Å². The normalized spacial score (nSPS) is 14.0. The Morgan fingerprint density at radius 2 is 2.00 bits per heavy atom. The number of rotatable bonds is 9. The van der Waals surface area contributed by atoms with E-state index in [-0.39, 0.29) is 0 Å². The van der Waals surface area contributed by atoms with Gasteiger partial charge in [-0.3, -0.25) is 4.98 Å². The third-order valence-corrected chi connectivity index (χ3v) is 3.82. The van der Waals surface area contributed by atoms with Crippen LogP contribution in [0.25, 0.3) is 0 Å². The molecule has 0 spiro atoms. The number of methoxy groups -OCH3 is 2. The fourth-order valence-electron chi connectivity index (χ4n) is 2.88. The lowest BCUT2D eigenvalue weighted by Gasteiger charge is -2.22. The van der Waals surface area contributed by atoms with Crippen LogP contribution in [0.2, 0.25) is 0 Å². The summed E-state index contributed by atoms with van der Waals surface area (Å²) < 4.78 is 10.7. The Morgan fingerprint density at radius 3 is 2.57 bits per heavy atom. The van der Waals surface area contributed by atoms with Crippen molar-refractivity contribution in [3.63, 3.8) is 0 Å². The number of ether oxygens (including phenoxy) is 2. The van der Waals surface area contributed by atoms with E-state index in [1.807, 2.05) is 13.1 Å². The van der Waals surface area contributed by atoms with Crippen molar-refractivity contribution in [1.29, 1.82) is 0 Å². The van der Waals surface area contributed by atoms with Crippen molar-refractivity contribution < 1.29 is 9.47 Å². The van der Waals surface area contributed by atoms with E-state index in [4.69, 9.17) is 9.47 Å². The molecule has 1 aromatic rings. The molecule has 0 aliphatic carbocycles. The average Bonchev–Trinajstić information content (AvgIpc) is 2.43. The molecule has 0 aliphatic rings. The fourth-order valence-corrected chi connectivity index (χ4v) is 2.88. The van der Waals surface area contributed by atoms with E-state index in [9.17, 15) is 0 Å². The summed E-state index contributed by atoms with van der Waals surface area (Å²) >= 11 is 0. The predicted molar refractivity (Wildman–Crippen MR) is 87.1 cm³/mol. The summed E-state index contributed by atoms with van der Waals surface area (Å²) in [6.45, 7) is 10.3. The van der Waals surface area contributed by atoms with E-state index in [1.165, 1.54) is 0 Å². The number of aryl methyl sites for hydroxylation is 1. The molecule has 2 atom stereocenters. The van der Waals surface area contributed by atoms with Gasteiger partial charge in [0.15, 0.2) is 0 Å². The second kappa shape index (κ2) is 9.00. The van der Waals surface area contributed by atoms with Crippen LogP contribution in [-0.4, -0.2) is 38.4 Å². The molecule has 1 N–H and O–H groups in total. The van der Waals surface area contributed by atoms with Crippen molar-refractivity contribution >= 4 is 0 Å². The number of nitrogens with one attached hydrogen (secondary N) is 1. The number of nitrogens with zero attached hydrogens (tertiary/aromatic N) is 1. The zero-order chi connectivity index (χ0) is 15.8. The first-order chi connectivity index (χ1) is 10.0. The Morgan fingerprint density at radius 1 is 1.29 bits per heavy atom. The summed E-state index contributed by atoms with van der Waals surface area (Å²) in [5.74, 6) is 1.49. The van der Waals surface area contributed by atoms with Gasteiger partial charge in [0.2, 0.25) is 0 Å². The Kier molecular flexibility index (Phi) is 7.68. The lowest BCUT2D eigenvalue weighted by Crippen LogP contribution is -2.34. The molecule has 0 saturated carbocycles. The van der Waals surface area contributed by atoms with E-state index in [0.717, 1.165) is 48.6 Å². The molecule has 4 heteroatoms. The van der Waals surface area contributed by atoms with Crippen LogP contribution >= 0.6 is 0 Å². The van der Waals surface area contributed by atoms with Crippen LogP contribution in [-0.2, 0) is 11.2 Å². The van der Waals surface area contributed by atoms with Gasteiger partial charge in [-0.1, -0.05) is 13.8 Å². The van der Waals surface area contributed by atoms with Gasteiger partial charge in [-0.25, -0.2) is 0 Å². The molecule has 1 rings (SSSR count). The number of likely N-dealkylation sites (N-methyl/N-ethyl adjacent to an activating group) is 1. The van der Waals surface area contributed by atoms with Gasteiger partial charge in [0.05, 0.1) is 7.11 Å². The number of hydrogen-bond acceptors (Lipinski definition) is 4. The number of pyridine rings is 1. The summed E-state index contributed by atoms with van der Waals surface area (Å²) in [6.07, 6.45) is 3.91. The zero-order valence-corrected chi connectivity index (χ0v) is 14.3. The second-order valence-electron chi connectivity index (χ2n) is 5.80. The average molecular weight is 294 g/mol. The summed E-state index contributed by atoms with van der Waals surface area (Å²) in [5.41, 5.74) is 3.36. The Balaban J connectivity index is 2.83.